The molecule has 2 aliphatic rings. The van der Waals surface area contributed by atoms with Crippen molar-refractivity contribution in [3.05, 3.63) is 83.1 Å². The summed E-state index contributed by atoms with van der Waals surface area (Å²) in [4.78, 5) is 24.9. The average molecular weight is 515 g/mol. The van der Waals surface area contributed by atoms with Gasteiger partial charge >= 0.3 is 0 Å². The van der Waals surface area contributed by atoms with Crippen LogP contribution in [0.1, 0.15) is 46.9 Å². The Morgan fingerprint density at radius 2 is 1.92 bits per heavy atom. The van der Waals surface area contributed by atoms with Gasteiger partial charge in [0.2, 0.25) is 0 Å². The first-order chi connectivity index (χ1) is 18.3. The third-order valence-corrected chi connectivity index (χ3v) is 7.66. The minimum absolute atomic E-state index is 0.0145. The zero-order valence-electron chi connectivity index (χ0n) is 21.9. The number of nitrogens with one attached hydrogen (secondary N) is 1. The Morgan fingerprint density at radius 3 is 2.71 bits per heavy atom. The smallest absolute Gasteiger partial charge is 0.272 e. The van der Waals surface area contributed by atoms with Crippen LogP contribution in [0.4, 0.5) is 10.2 Å². The van der Waals surface area contributed by atoms with Gasteiger partial charge in [0.15, 0.2) is 0 Å². The molecule has 4 aromatic rings. The Morgan fingerprint density at radius 1 is 1.13 bits per heavy atom. The third-order valence-electron chi connectivity index (χ3n) is 7.66. The van der Waals surface area contributed by atoms with Crippen molar-refractivity contribution < 1.29 is 13.9 Å². The number of hydrogen-bond donors (Lipinski definition) is 1. The van der Waals surface area contributed by atoms with Gasteiger partial charge in [-0.15, -0.1) is 0 Å². The first-order valence-corrected chi connectivity index (χ1v) is 12.9. The molecule has 3 aromatic heterocycles. The molecule has 38 heavy (non-hydrogen) atoms. The number of carbonyl (C=O) groups is 1. The summed E-state index contributed by atoms with van der Waals surface area (Å²) in [5.74, 6) is 0.184. The van der Waals surface area contributed by atoms with Gasteiger partial charge in [-0.25, -0.2) is 19.4 Å². The first-order valence-electron chi connectivity index (χ1n) is 12.9. The van der Waals surface area contributed by atoms with Gasteiger partial charge in [0.25, 0.3) is 5.91 Å². The van der Waals surface area contributed by atoms with Crippen LogP contribution in [-0.2, 0) is 23.2 Å². The summed E-state index contributed by atoms with van der Waals surface area (Å²) in [6, 6.07) is 12.6. The average Bonchev–Trinajstić information content (AvgIpc) is 3.44. The van der Waals surface area contributed by atoms with Crippen LogP contribution in [-0.4, -0.2) is 57.5 Å². The maximum absolute atomic E-state index is 13.7. The third kappa shape index (κ3) is 4.31. The highest BCUT2D eigenvalue weighted by Gasteiger charge is 2.34. The lowest BCUT2D eigenvalue weighted by Gasteiger charge is -2.35. The van der Waals surface area contributed by atoms with Crippen LogP contribution in [0.2, 0.25) is 0 Å². The quantitative estimate of drug-likeness (QED) is 0.404. The molecular weight excluding hydrogens is 483 g/mol. The molecule has 196 valence electrons. The van der Waals surface area contributed by atoms with E-state index >= 15 is 0 Å². The Hall–Kier alpha value is -3.82. The lowest BCUT2D eigenvalue weighted by atomic mass is 9.75. The van der Waals surface area contributed by atoms with Gasteiger partial charge in [-0.05, 0) is 61.7 Å². The summed E-state index contributed by atoms with van der Waals surface area (Å²) in [5, 5.41) is 1.61. The fourth-order valence-electron chi connectivity index (χ4n) is 5.58. The van der Waals surface area contributed by atoms with Gasteiger partial charge in [-0.2, -0.15) is 0 Å². The Bertz CT molecular complexity index is 1530. The van der Waals surface area contributed by atoms with Crippen molar-refractivity contribution in [1.82, 2.24) is 24.3 Å². The topological polar surface area (TPSA) is 75.0 Å². The fourth-order valence-corrected chi connectivity index (χ4v) is 5.58. The molecule has 1 N–H and O–H groups in total. The van der Waals surface area contributed by atoms with E-state index in [0.29, 0.717) is 30.1 Å². The molecule has 1 fully saturated rings. The standard InChI is InChI=1S/C29H31FN6O2/c1-29(10-13-38-14-11-29)23-7-8-26(32-24(23)18-34(2)3)33-36-17-22-20(5-4-6-21(22)28(36)37)25-16-31-27-15-19(30)9-12-35(25)27/h4-9,12,15-16H,10-11,13-14,17-18H2,1-3H3,(H,32,33). The summed E-state index contributed by atoms with van der Waals surface area (Å²) in [6.07, 6.45) is 5.30. The predicted molar refractivity (Wildman–Crippen MR) is 143 cm³/mol. The van der Waals surface area contributed by atoms with E-state index in [1.807, 2.05) is 42.8 Å². The number of anilines is 1. The number of benzene rings is 1. The molecule has 0 spiro atoms. The van der Waals surface area contributed by atoms with Gasteiger partial charge in [0, 0.05) is 43.1 Å². The summed E-state index contributed by atoms with van der Waals surface area (Å²) < 4.78 is 21.2. The molecule has 0 bridgehead atoms. The zero-order chi connectivity index (χ0) is 26.4. The molecular formula is C29H31FN6O2. The molecule has 0 unspecified atom stereocenters. The number of aromatic nitrogens is 3. The highest BCUT2D eigenvalue weighted by molar-refractivity contribution is 6.01. The minimum atomic E-state index is -0.337. The number of hydrogen-bond acceptors (Lipinski definition) is 6. The molecule has 0 radical (unpaired) electrons. The molecule has 0 atom stereocenters. The monoisotopic (exact) mass is 514 g/mol. The SMILES string of the molecule is CN(C)Cc1nc(NN2Cc3c(cccc3-c3cnc4cc(F)ccn34)C2=O)ccc1C1(C)CCOCC1. The normalized spacial score (nSPS) is 16.9. The second-order valence-corrected chi connectivity index (χ2v) is 10.7. The van der Waals surface area contributed by atoms with Crippen molar-refractivity contribution in [1.29, 1.82) is 0 Å². The summed E-state index contributed by atoms with van der Waals surface area (Å²) in [6.45, 7) is 4.87. The molecule has 0 saturated carbocycles. The number of rotatable bonds is 6. The second kappa shape index (κ2) is 9.49. The van der Waals surface area contributed by atoms with Crippen molar-refractivity contribution in [3.63, 3.8) is 0 Å². The number of fused-ring (bicyclic) bond motifs is 2. The fraction of sp³-hybridized carbons (Fsp3) is 0.345. The van der Waals surface area contributed by atoms with Crippen molar-refractivity contribution in [2.24, 2.45) is 0 Å². The van der Waals surface area contributed by atoms with Crippen molar-refractivity contribution in [3.8, 4) is 11.3 Å². The van der Waals surface area contributed by atoms with E-state index in [9.17, 15) is 9.18 Å². The Balaban J connectivity index is 1.30. The molecule has 8 nitrogen and oxygen atoms in total. The summed E-state index contributed by atoms with van der Waals surface area (Å²) in [5.41, 5.74) is 9.28. The highest BCUT2D eigenvalue weighted by Crippen LogP contribution is 2.37. The van der Waals surface area contributed by atoms with Crippen LogP contribution in [0.5, 0.6) is 0 Å². The number of amides is 1. The van der Waals surface area contributed by atoms with E-state index in [-0.39, 0.29) is 17.1 Å². The molecule has 6 rings (SSSR count). The van der Waals surface area contributed by atoms with E-state index in [1.54, 1.807) is 17.4 Å². The van der Waals surface area contributed by atoms with Crippen molar-refractivity contribution in [2.45, 2.75) is 38.3 Å². The molecule has 5 heterocycles. The highest BCUT2D eigenvalue weighted by atomic mass is 19.1. The van der Waals surface area contributed by atoms with Crippen LogP contribution in [0.3, 0.4) is 0 Å². The second-order valence-electron chi connectivity index (χ2n) is 10.7. The molecule has 1 aromatic carbocycles. The molecule has 1 saturated heterocycles. The summed E-state index contributed by atoms with van der Waals surface area (Å²) in [7, 11) is 4.07. The van der Waals surface area contributed by atoms with Gasteiger partial charge in [-0.3, -0.25) is 14.6 Å². The first kappa shape index (κ1) is 24.5. The van der Waals surface area contributed by atoms with Gasteiger partial charge in [0.05, 0.1) is 24.1 Å². The van der Waals surface area contributed by atoms with Crippen LogP contribution >= 0.6 is 0 Å². The number of ether oxygens (including phenoxy) is 1. The van der Waals surface area contributed by atoms with Crippen LogP contribution in [0, 0.1) is 5.82 Å². The molecule has 2 aliphatic heterocycles. The van der Waals surface area contributed by atoms with E-state index in [0.717, 1.165) is 48.6 Å². The number of carbonyl (C=O) groups excluding carboxylic acids is 1. The summed E-state index contributed by atoms with van der Waals surface area (Å²) >= 11 is 0. The van der Waals surface area contributed by atoms with Crippen LogP contribution in [0.25, 0.3) is 16.9 Å². The molecule has 0 aliphatic carbocycles. The number of halogens is 1. The molecule has 1 amide bonds. The number of nitrogens with zero attached hydrogens (tertiary/aromatic N) is 5. The maximum Gasteiger partial charge on any atom is 0.272 e. The minimum Gasteiger partial charge on any atom is -0.381 e. The van der Waals surface area contributed by atoms with E-state index in [2.05, 4.69) is 28.3 Å². The van der Waals surface area contributed by atoms with Crippen molar-refractivity contribution >= 4 is 17.4 Å². The Kier molecular flexibility index (Phi) is 6.12. The number of hydrazine groups is 1. The van der Waals surface area contributed by atoms with Gasteiger partial charge in [0.1, 0.15) is 17.3 Å². The predicted octanol–water partition coefficient (Wildman–Crippen LogP) is 4.65. The van der Waals surface area contributed by atoms with Crippen LogP contribution < -0.4 is 5.43 Å². The van der Waals surface area contributed by atoms with Gasteiger partial charge < -0.3 is 9.64 Å². The number of imidazole rings is 1. The lowest BCUT2D eigenvalue weighted by molar-refractivity contribution is 0.0558. The van der Waals surface area contributed by atoms with Crippen LogP contribution in [0.15, 0.2) is 54.9 Å². The van der Waals surface area contributed by atoms with E-state index in [1.165, 1.54) is 17.7 Å². The van der Waals surface area contributed by atoms with Gasteiger partial charge in [-0.1, -0.05) is 25.1 Å². The van der Waals surface area contributed by atoms with E-state index in [4.69, 9.17) is 9.72 Å². The number of pyridine rings is 2. The van der Waals surface area contributed by atoms with E-state index < -0.39 is 0 Å². The Labute approximate surface area is 221 Å². The largest absolute Gasteiger partial charge is 0.381 e. The van der Waals surface area contributed by atoms with Crippen molar-refractivity contribution in [2.75, 3.05) is 32.7 Å². The maximum atomic E-state index is 13.7. The lowest BCUT2D eigenvalue weighted by Crippen LogP contribution is -2.34. The molecule has 9 heteroatoms. The zero-order valence-corrected chi connectivity index (χ0v) is 21.9.